The quantitative estimate of drug-likeness (QED) is 0.685. The van der Waals surface area contributed by atoms with Crippen molar-refractivity contribution in [2.24, 2.45) is 0 Å². The molecule has 1 heterocycles. The molecular weight excluding hydrogens is 382 g/mol. The van der Waals surface area contributed by atoms with E-state index < -0.39 is 35.1 Å². The lowest BCUT2D eigenvalue weighted by Crippen LogP contribution is -2.43. The minimum absolute atomic E-state index is 0.0242. The summed E-state index contributed by atoms with van der Waals surface area (Å²) >= 11 is 10.0. The number of carbonyl (C=O) groups is 1. The highest BCUT2D eigenvalue weighted by molar-refractivity contribution is 7.81. The Kier molecular flexibility index (Phi) is 6.01. The number of thiol groups is 1. The van der Waals surface area contributed by atoms with E-state index in [9.17, 15) is 13.6 Å². The van der Waals surface area contributed by atoms with E-state index in [-0.39, 0.29) is 23.7 Å². The highest BCUT2D eigenvalue weighted by Crippen LogP contribution is 2.33. The Bertz CT molecular complexity index is 771. The summed E-state index contributed by atoms with van der Waals surface area (Å²) in [5.41, 5.74) is 0.702. The molecule has 8 heteroatoms. The molecule has 0 spiro atoms. The molecule has 2 aromatic rings. The molecule has 3 atom stereocenters. The van der Waals surface area contributed by atoms with Gasteiger partial charge in [-0.1, -0.05) is 41.9 Å². The van der Waals surface area contributed by atoms with Crippen LogP contribution in [0.3, 0.4) is 0 Å². The van der Waals surface area contributed by atoms with Gasteiger partial charge < -0.3 is 15.4 Å². The van der Waals surface area contributed by atoms with Gasteiger partial charge in [0.2, 0.25) is 0 Å². The minimum Gasteiger partial charge on any atom is -0.445 e. The summed E-state index contributed by atoms with van der Waals surface area (Å²) in [7, 11) is 0. The van der Waals surface area contributed by atoms with Crippen molar-refractivity contribution in [1.29, 1.82) is 0 Å². The van der Waals surface area contributed by atoms with Crippen LogP contribution in [0.1, 0.15) is 17.0 Å². The van der Waals surface area contributed by atoms with Crippen molar-refractivity contribution < 1.29 is 18.3 Å². The standard InChI is InChI=1S/C18H17ClF2N2O2S/c19-11-6-13(20)15(14(21)7-11)12-8-22-17(26)16(12)23-18(24)25-9-10-4-2-1-3-5-10/h1-7,12,16-17,22,26H,8-9H2,(H,23,24)/t12-,16-,17?/m0/s1. The summed E-state index contributed by atoms with van der Waals surface area (Å²) in [5, 5.41) is 5.15. The van der Waals surface area contributed by atoms with E-state index in [1.807, 2.05) is 30.3 Å². The molecule has 1 aliphatic heterocycles. The molecule has 0 bridgehead atoms. The monoisotopic (exact) mass is 398 g/mol. The highest BCUT2D eigenvalue weighted by Gasteiger charge is 2.39. The molecule has 3 rings (SSSR count). The van der Waals surface area contributed by atoms with Crippen molar-refractivity contribution in [2.45, 2.75) is 23.9 Å². The van der Waals surface area contributed by atoms with Gasteiger partial charge >= 0.3 is 6.09 Å². The van der Waals surface area contributed by atoms with Crippen molar-refractivity contribution >= 4 is 30.3 Å². The molecular formula is C18H17ClF2N2O2S. The van der Waals surface area contributed by atoms with Crippen molar-refractivity contribution in [3.63, 3.8) is 0 Å². The fraction of sp³-hybridized carbons (Fsp3) is 0.278. The third-order valence-electron chi connectivity index (χ3n) is 4.23. The molecule has 1 fully saturated rings. The van der Waals surface area contributed by atoms with Crippen LogP contribution in [0.4, 0.5) is 13.6 Å². The average molecular weight is 399 g/mol. The van der Waals surface area contributed by atoms with Crippen LogP contribution < -0.4 is 10.6 Å². The molecule has 1 aliphatic rings. The van der Waals surface area contributed by atoms with Gasteiger partial charge in [0.05, 0.1) is 11.4 Å². The van der Waals surface area contributed by atoms with Gasteiger partial charge in [0.25, 0.3) is 0 Å². The van der Waals surface area contributed by atoms with E-state index in [0.29, 0.717) is 0 Å². The molecule has 4 nitrogen and oxygen atoms in total. The van der Waals surface area contributed by atoms with Crippen molar-refractivity contribution in [1.82, 2.24) is 10.6 Å². The van der Waals surface area contributed by atoms with Gasteiger partial charge in [-0.05, 0) is 17.7 Å². The van der Waals surface area contributed by atoms with E-state index in [2.05, 4.69) is 23.3 Å². The Balaban J connectivity index is 1.70. The van der Waals surface area contributed by atoms with Crippen molar-refractivity contribution in [3.05, 3.63) is 70.2 Å². The van der Waals surface area contributed by atoms with E-state index >= 15 is 0 Å². The van der Waals surface area contributed by atoms with Gasteiger partial charge in [0.1, 0.15) is 18.2 Å². The maximum absolute atomic E-state index is 14.2. The number of rotatable bonds is 4. The fourth-order valence-electron chi connectivity index (χ4n) is 2.99. The molecule has 2 N–H and O–H groups in total. The molecule has 26 heavy (non-hydrogen) atoms. The lowest BCUT2D eigenvalue weighted by Gasteiger charge is -2.23. The third-order valence-corrected chi connectivity index (χ3v) is 4.95. The maximum atomic E-state index is 14.2. The van der Waals surface area contributed by atoms with Gasteiger partial charge in [0, 0.05) is 23.0 Å². The summed E-state index contributed by atoms with van der Waals surface area (Å²) in [6.07, 6.45) is -0.679. The molecule has 1 amide bonds. The van der Waals surface area contributed by atoms with Crippen LogP contribution >= 0.6 is 24.2 Å². The van der Waals surface area contributed by atoms with E-state index in [0.717, 1.165) is 17.7 Å². The Morgan fingerprint density at radius 2 is 1.92 bits per heavy atom. The number of hydrogen-bond acceptors (Lipinski definition) is 4. The number of ether oxygens (including phenoxy) is 1. The summed E-state index contributed by atoms with van der Waals surface area (Å²) < 4.78 is 33.7. The molecule has 0 radical (unpaired) electrons. The molecule has 0 aliphatic carbocycles. The zero-order chi connectivity index (χ0) is 18.7. The second-order valence-electron chi connectivity index (χ2n) is 5.97. The summed E-state index contributed by atoms with van der Waals surface area (Å²) in [6.45, 7) is 0.353. The van der Waals surface area contributed by atoms with Crippen LogP contribution in [-0.2, 0) is 11.3 Å². The topological polar surface area (TPSA) is 50.4 Å². The largest absolute Gasteiger partial charge is 0.445 e. The van der Waals surface area contributed by atoms with Gasteiger partial charge in [-0.3, -0.25) is 0 Å². The van der Waals surface area contributed by atoms with Crippen molar-refractivity contribution in [3.8, 4) is 0 Å². The molecule has 2 aromatic carbocycles. The third kappa shape index (κ3) is 4.28. The molecule has 1 unspecified atom stereocenters. The Hall–Kier alpha value is -1.83. The minimum atomic E-state index is -0.756. The smallest absolute Gasteiger partial charge is 0.407 e. The van der Waals surface area contributed by atoms with Gasteiger partial charge in [-0.15, -0.1) is 0 Å². The second-order valence-corrected chi connectivity index (χ2v) is 6.97. The lowest BCUT2D eigenvalue weighted by molar-refractivity contribution is 0.135. The van der Waals surface area contributed by atoms with E-state index in [4.69, 9.17) is 16.3 Å². The Morgan fingerprint density at radius 1 is 1.27 bits per heavy atom. The average Bonchev–Trinajstić information content (AvgIpc) is 2.94. The molecule has 138 valence electrons. The molecule has 0 aromatic heterocycles. The SMILES string of the molecule is O=C(N[C@@H]1C(S)NC[C@H]1c1c(F)cc(Cl)cc1F)OCc1ccccc1. The van der Waals surface area contributed by atoms with Gasteiger partial charge in [0.15, 0.2) is 0 Å². The first-order chi connectivity index (χ1) is 12.5. The van der Waals surface area contributed by atoms with Crippen LogP contribution in [0.25, 0.3) is 0 Å². The lowest BCUT2D eigenvalue weighted by atomic mass is 9.93. The first-order valence-electron chi connectivity index (χ1n) is 7.99. The second kappa shape index (κ2) is 8.24. The number of benzene rings is 2. The number of hydrogen-bond donors (Lipinski definition) is 3. The number of amides is 1. The summed E-state index contributed by atoms with van der Waals surface area (Å²) in [5.74, 6) is -2.15. The van der Waals surface area contributed by atoms with Crippen molar-refractivity contribution in [2.75, 3.05) is 6.54 Å². The normalized spacial score (nSPS) is 22.2. The van der Waals surface area contributed by atoms with Crippen LogP contribution in [0.2, 0.25) is 5.02 Å². The van der Waals surface area contributed by atoms with E-state index in [1.165, 1.54) is 0 Å². The fourth-order valence-corrected chi connectivity index (χ4v) is 3.57. The first-order valence-corrected chi connectivity index (χ1v) is 8.88. The summed E-state index contributed by atoms with van der Waals surface area (Å²) in [6, 6.07) is 10.6. The van der Waals surface area contributed by atoms with E-state index in [1.54, 1.807) is 0 Å². The number of alkyl carbamates (subject to hydrolysis) is 1. The zero-order valence-corrected chi connectivity index (χ0v) is 15.2. The molecule has 0 saturated carbocycles. The molecule has 1 saturated heterocycles. The maximum Gasteiger partial charge on any atom is 0.407 e. The first kappa shape index (κ1) is 18.9. The number of nitrogens with one attached hydrogen (secondary N) is 2. The van der Waals surface area contributed by atoms with Crippen LogP contribution in [-0.4, -0.2) is 24.1 Å². The van der Waals surface area contributed by atoms with Gasteiger partial charge in [-0.25, -0.2) is 13.6 Å². The Morgan fingerprint density at radius 3 is 2.58 bits per heavy atom. The van der Waals surface area contributed by atoms with Crippen LogP contribution in [0, 0.1) is 11.6 Å². The van der Waals surface area contributed by atoms with Crippen LogP contribution in [0.15, 0.2) is 42.5 Å². The number of carbonyl (C=O) groups excluding carboxylic acids is 1. The van der Waals surface area contributed by atoms with Crippen LogP contribution in [0.5, 0.6) is 0 Å². The highest BCUT2D eigenvalue weighted by atomic mass is 35.5. The predicted molar refractivity (Wildman–Crippen MR) is 98.4 cm³/mol. The zero-order valence-electron chi connectivity index (χ0n) is 13.6. The van der Waals surface area contributed by atoms with Gasteiger partial charge in [-0.2, -0.15) is 12.6 Å². The predicted octanol–water partition coefficient (Wildman–Crippen LogP) is 3.86. The summed E-state index contributed by atoms with van der Waals surface area (Å²) in [4.78, 5) is 12.1. The Labute approximate surface area is 160 Å². The number of halogens is 3.